The number of hydrogen-bond acceptors (Lipinski definition) is 5. The summed E-state index contributed by atoms with van der Waals surface area (Å²) in [6, 6.07) is 0. The van der Waals surface area contributed by atoms with Crippen LogP contribution in [0.2, 0.25) is 0 Å². The Morgan fingerprint density at radius 3 is 2.95 bits per heavy atom. The van der Waals surface area contributed by atoms with Crippen molar-refractivity contribution in [1.82, 2.24) is 19.9 Å². The second-order valence-corrected chi connectivity index (χ2v) is 5.34. The molecule has 1 amide bonds. The minimum atomic E-state index is 0.0627. The highest BCUT2D eigenvalue weighted by molar-refractivity contribution is 5.79. The Kier molecular flexibility index (Phi) is 4.52. The van der Waals surface area contributed by atoms with Crippen molar-refractivity contribution < 1.29 is 9.32 Å². The molecule has 6 nitrogen and oxygen atoms in total. The molecule has 1 saturated heterocycles. The van der Waals surface area contributed by atoms with Gasteiger partial charge < -0.3 is 14.3 Å². The molecule has 2 rings (SSSR count). The minimum Gasteiger partial charge on any atom is -0.341 e. The first-order valence-electron chi connectivity index (χ1n) is 6.85. The fraction of sp³-hybridized carbons (Fsp3) is 0.769. The maximum Gasteiger partial charge on any atom is 0.232 e. The Bertz CT molecular complexity index is 430. The molecule has 6 heteroatoms. The van der Waals surface area contributed by atoms with Crippen LogP contribution in [-0.4, -0.2) is 59.6 Å². The van der Waals surface area contributed by atoms with Crippen LogP contribution in [0.25, 0.3) is 0 Å². The fourth-order valence-electron chi connectivity index (χ4n) is 2.23. The first-order chi connectivity index (χ1) is 9.10. The van der Waals surface area contributed by atoms with Gasteiger partial charge in [-0.1, -0.05) is 12.1 Å². The highest BCUT2D eigenvalue weighted by atomic mass is 16.5. The molecule has 0 aromatic carbocycles. The summed E-state index contributed by atoms with van der Waals surface area (Å²) in [6.45, 7) is 4.42. The largest absolute Gasteiger partial charge is 0.341 e. The Morgan fingerprint density at radius 2 is 2.26 bits per heavy atom. The van der Waals surface area contributed by atoms with Crippen LogP contribution in [0.3, 0.4) is 0 Å². The lowest BCUT2D eigenvalue weighted by atomic mass is 10.1. The normalized spacial score (nSPS) is 19.7. The van der Waals surface area contributed by atoms with Crippen LogP contribution in [0.5, 0.6) is 0 Å². The third-order valence-electron chi connectivity index (χ3n) is 3.34. The van der Waals surface area contributed by atoms with Gasteiger partial charge in [-0.15, -0.1) is 0 Å². The average Bonchev–Trinajstić information content (AvgIpc) is 2.94. The molecule has 1 aliphatic heterocycles. The molecule has 0 spiro atoms. The van der Waals surface area contributed by atoms with Crippen molar-refractivity contribution in [2.45, 2.75) is 32.1 Å². The summed E-state index contributed by atoms with van der Waals surface area (Å²) in [5.74, 6) is 1.61. The number of carbonyl (C=O) groups excluding carboxylic acids is 1. The number of hydrogen-bond donors (Lipinski definition) is 0. The smallest absolute Gasteiger partial charge is 0.232 e. The van der Waals surface area contributed by atoms with Crippen molar-refractivity contribution in [3.8, 4) is 0 Å². The molecule has 0 bridgehead atoms. The fourth-order valence-corrected chi connectivity index (χ4v) is 2.23. The van der Waals surface area contributed by atoms with Crippen LogP contribution in [0.4, 0.5) is 0 Å². The third-order valence-corrected chi connectivity index (χ3v) is 3.34. The summed E-state index contributed by atoms with van der Waals surface area (Å²) in [4.78, 5) is 20.3. The third kappa shape index (κ3) is 3.53. The molecular formula is C13H22N4O2. The predicted octanol–water partition coefficient (Wildman–Crippen LogP) is 0.900. The van der Waals surface area contributed by atoms with Gasteiger partial charge in [-0.05, 0) is 20.5 Å². The van der Waals surface area contributed by atoms with Gasteiger partial charge in [0.1, 0.15) is 0 Å². The van der Waals surface area contributed by atoms with E-state index in [0.29, 0.717) is 18.9 Å². The SMILES string of the molecule is CCCc1noc([C@@H]2CC(=O)N(CCN(C)C)C2)n1. The molecule has 1 aliphatic rings. The van der Waals surface area contributed by atoms with E-state index < -0.39 is 0 Å². The van der Waals surface area contributed by atoms with Gasteiger partial charge in [-0.25, -0.2) is 0 Å². The highest BCUT2D eigenvalue weighted by Crippen LogP contribution is 2.26. The second-order valence-electron chi connectivity index (χ2n) is 5.34. The maximum atomic E-state index is 11.9. The number of aryl methyl sites for hydroxylation is 1. The van der Waals surface area contributed by atoms with Gasteiger partial charge in [0.15, 0.2) is 5.82 Å². The standard InChI is InChI=1S/C13H22N4O2/c1-4-5-11-14-13(19-15-11)10-8-12(18)17(9-10)7-6-16(2)3/h10H,4-9H2,1-3H3/t10-/m1/s1. The lowest BCUT2D eigenvalue weighted by molar-refractivity contribution is -0.127. The van der Waals surface area contributed by atoms with E-state index in [-0.39, 0.29) is 11.8 Å². The number of amides is 1. The number of likely N-dealkylation sites (N-methyl/N-ethyl adjacent to an activating group) is 1. The Morgan fingerprint density at radius 1 is 1.47 bits per heavy atom. The number of aromatic nitrogens is 2. The van der Waals surface area contributed by atoms with Gasteiger partial charge in [0.25, 0.3) is 0 Å². The van der Waals surface area contributed by atoms with E-state index >= 15 is 0 Å². The van der Waals surface area contributed by atoms with Gasteiger partial charge in [0.05, 0.1) is 5.92 Å². The number of likely N-dealkylation sites (tertiary alicyclic amines) is 1. The lowest BCUT2D eigenvalue weighted by Crippen LogP contribution is -2.32. The number of carbonyl (C=O) groups is 1. The topological polar surface area (TPSA) is 62.5 Å². The first-order valence-corrected chi connectivity index (χ1v) is 6.85. The van der Waals surface area contributed by atoms with E-state index in [1.807, 2.05) is 19.0 Å². The summed E-state index contributed by atoms with van der Waals surface area (Å²) in [5.41, 5.74) is 0. The van der Waals surface area contributed by atoms with Crippen molar-refractivity contribution in [3.63, 3.8) is 0 Å². The number of nitrogens with zero attached hydrogens (tertiary/aromatic N) is 4. The van der Waals surface area contributed by atoms with Gasteiger partial charge in [0.2, 0.25) is 11.8 Å². The molecule has 0 unspecified atom stereocenters. The van der Waals surface area contributed by atoms with Crippen LogP contribution in [0, 0.1) is 0 Å². The van der Waals surface area contributed by atoms with Gasteiger partial charge in [-0.2, -0.15) is 4.98 Å². The van der Waals surface area contributed by atoms with Crippen LogP contribution in [0.1, 0.15) is 37.4 Å². The zero-order valence-electron chi connectivity index (χ0n) is 11.9. The molecule has 1 aromatic heterocycles. The van der Waals surface area contributed by atoms with E-state index in [2.05, 4.69) is 22.0 Å². The van der Waals surface area contributed by atoms with E-state index in [1.54, 1.807) is 0 Å². The zero-order valence-corrected chi connectivity index (χ0v) is 11.9. The monoisotopic (exact) mass is 266 g/mol. The molecule has 0 radical (unpaired) electrons. The summed E-state index contributed by atoms with van der Waals surface area (Å²) in [6.07, 6.45) is 2.31. The average molecular weight is 266 g/mol. The summed E-state index contributed by atoms with van der Waals surface area (Å²) >= 11 is 0. The van der Waals surface area contributed by atoms with Crippen molar-refractivity contribution in [1.29, 1.82) is 0 Å². The van der Waals surface area contributed by atoms with Crippen molar-refractivity contribution >= 4 is 5.91 Å². The van der Waals surface area contributed by atoms with Gasteiger partial charge in [-0.3, -0.25) is 4.79 Å². The molecule has 106 valence electrons. The Labute approximate surface area is 113 Å². The first kappa shape index (κ1) is 14.0. The molecule has 0 saturated carbocycles. The van der Waals surface area contributed by atoms with E-state index in [1.165, 1.54) is 0 Å². The molecule has 0 N–H and O–H groups in total. The number of rotatable bonds is 6. The van der Waals surface area contributed by atoms with E-state index in [4.69, 9.17) is 4.52 Å². The summed E-state index contributed by atoms with van der Waals surface area (Å²) in [7, 11) is 4.01. The van der Waals surface area contributed by atoms with Crippen LogP contribution in [0.15, 0.2) is 4.52 Å². The van der Waals surface area contributed by atoms with Crippen LogP contribution >= 0.6 is 0 Å². The van der Waals surface area contributed by atoms with Crippen LogP contribution < -0.4 is 0 Å². The Balaban J connectivity index is 1.93. The second kappa shape index (κ2) is 6.14. The quantitative estimate of drug-likeness (QED) is 0.765. The predicted molar refractivity (Wildman–Crippen MR) is 70.8 cm³/mol. The molecule has 0 aliphatic carbocycles. The van der Waals surface area contributed by atoms with Crippen LogP contribution in [-0.2, 0) is 11.2 Å². The molecule has 1 fully saturated rings. The maximum absolute atomic E-state index is 11.9. The van der Waals surface area contributed by atoms with Crippen molar-refractivity contribution in [3.05, 3.63) is 11.7 Å². The zero-order chi connectivity index (χ0) is 13.8. The van der Waals surface area contributed by atoms with Gasteiger partial charge in [0, 0.05) is 32.5 Å². The molecular weight excluding hydrogens is 244 g/mol. The summed E-state index contributed by atoms with van der Waals surface area (Å²) < 4.78 is 5.27. The van der Waals surface area contributed by atoms with Crippen molar-refractivity contribution in [2.24, 2.45) is 0 Å². The highest BCUT2D eigenvalue weighted by Gasteiger charge is 2.33. The molecule has 19 heavy (non-hydrogen) atoms. The summed E-state index contributed by atoms with van der Waals surface area (Å²) in [5, 5.41) is 3.95. The van der Waals surface area contributed by atoms with Crippen molar-refractivity contribution in [2.75, 3.05) is 33.7 Å². The Hall–Kier alpha value is -1.43. The molecule has 2 heterocycles. The molecule has 1 aromatic rings. The molecule has 1 atom stereocenters. The van der Waals surface area contributed by atoms with Gasteiger partial charge >= 0.3 is 0 Å². The van der Waals surface area contributed by atoms with E-state index in [0.717, 1.165) is 31.8 Å². The van der Waals surface area contributed by atoms with E-state index in [9.17, 15) is 4.79 Å². The minimum absolute atomic E-state index is 0.0627. The lowest BCUT2D eigenvalue weighted by Gasteiger charge is -2.18.